The topological polar surface area (TPSA) is 39.2 Å². The van der Waals surface area contributed by atoms with Crippen LogP contribution < -0.4 is 4.74 Å². The Kier molecular flexibility index (Phi) is 2.78. The van der Waals surface area contributed by atoms with E-state index in [1.165, 1.54) is 11.5 Å². The zero-order valence-electron chi connectivity index (χ0n) is 8.14. The van der Waals surface area contributed by atoms with Crippen LogP contribution >= 0.6 is 11.5 Å². The zero-order chi connectivity index (χ0) is 10.7. The van der Waals surface area contributed by atoms with E-state index < -0.39 is 0 Å². The third-order valence-electron chi connectivity index (χ3n) is 2.08. The van der Waals surface area contributed by atoms with Gasteiger partial charge in [-0.05, 0) is 41.4 Å². The molecule has 1 aromatic carbocycles. The highest BCUT2D eigenvalue weighted by molar-refractivity contribution is 7.10. The van der Waals surface area contributed by atoms with Gasteiger partial charge in [0.15, 0.2) is 6.29 Å². The largest absolute Gasteiger partial charge is 0.497 e. The molecule has 0 unspecified atom stereocenters. The number of carbonyl (C=O) groups excluding carboxylic acids is 1. The molecule has 0 saturated heterocycles. The minimum Gasteiger partial charge on any atom is -0.497 e. The molecule has 0 aliphatic heterocycles. The Morgan fingerprint density at radius 3 is 2.67 bits per heavy atom. The van der Waals surface area contributed by atoms with Crippen molar-refractivity contribution >= 4 is 17.8 Å². The van der Waals surface area contributed by atoms with Gasteiger partial charge in [-0.25, -0.2) is 0 Å². The average molecular weight is 219 g/mol. The highest BCUT2D eigenvalue weighted by atomic mass is 32.1. The van der Waals surface area contributed by atoms with Crippen molar-refractivity contribution in [3.05, 3.63) is 36.0 Å². The normalized spacial score (nSPS) is 9.93. The van der Waals surface area contributed by atoms with Crippen LogP contribution in [0.2, 0.25) is 0 Å². The van der Waals surface area contributed by atoms with Crippen molar-refractivity contribution in [1.82, 2.24) is 4.37 Å². The van der Waals surface area contributed by atoms with Crippen molar-refractivity contribution in [2.45, 2.75) is 0 Å². The maximum atomic E-state index is 10.7. The molecule has 2 rings (SSSR count). The second kappa shape index (κ2) is 4.23. The number of aromatic nitrogens is 1. The van der Waals surface area contributed by atoms with Gasteiger partial charge in [0.2, 0.25) is 0 Å². The quantitative estimate of drug-likeness (QED) is 0.745. The molecule has 76 valence electrons. The van der Waals surface area contributed by atoms with Gasteiger partial charge in [-0.15, -0.1) is 0 Å². The molecule has 4 heteroatoms. The van der Waals surface area contributed by atoms with Gasteiger partial charge in [0.1, 0.15) is 5.75 Å². The van der Waals surface area contributed by atoms with Crippen LogP contribution in [0.5, 0.6) is 5.75 Å². The van der Waals surface area contributed by atoms with Crippen molar-refractivity contribution in [3.63, 3.8) is 0 Å². The molecule has 0 N–H and O–H groups in total. The minimum atomic E-state index is 0.630. The maximum Gasteiger partial charge on any atom is 0.153 e. The molecular formula is C11H9NO2S. The summed E-state index contributed by atoms with van der Waals surface area (Å²) in [5.74, 6) is 0.802. The summed E-state index contributed by atoms with van der Waals surface area (Å²) in [6.07, 6.45) is 2.40. The van der Waals surface area contributed by atoms with Crippen LogP contribution in [0.3, 0.4) is 0 Å². The van der Waals surface area contributed by atoms with E-state index in [0.29, 0.717) is 5.56 Å². The maximum absolute atomic E-state index is 10.7. The number of carbonyl (C=O) groups is 1. The van der Waals surface area contributed by atoms with E-state index in [1.807, 2.05) is 24.3 Å². The molecule has 0 radical (unpaired) electrons. The van der Waals surface area contributed by atoms with Crippen LogP contribution in [0.1, 0.15) is 10.4 Å². The Balaban J connectivity index is 2.41. The number of nitrogens with zero attached hydrogens (tertiary/aromatic N) is 1. The van der Waals surface area contributed by atoms with Crippen LogP contribution in [-0.2, 0) is 0 Å². The number of benzene rings is 1. The number of aldehydes is 1. The average Bonchev–Trinajstić information content (AvgIpc) is 2.77. The minimum absolute atomic E-state index is 0.630. The van der Waals surface area contributed by atoms with Gasteiger partial charge in [0.05, 0.1) is 23.7 Å². The molecule has 0 spiro atoms. The second-order valence-electron chi connectivity index (χ2n) is 2.96. The van der Waals surface area contributed by atoms with Gasteiger partial charge in [0, 0.05) is 0 Å². The summed E-state index contributed by atoms with van der Waals surface area (Å²) >= 11 is 1.32. The first kappa shape index (κ1) is 9.86. The summed E-state index contributed by atoms with van der Waals surface area (Å²) in [5.41, 5.74) is 1.62. The van der Waals surface area contributed by atoms with Crippen LogP contribution in [0.25, 0.3) is 10.4 Å². The highest BCUT2D eigenvalue weighted by Gasteiger charge is 2.06. The summed E-state index contributed by atoms with van der Waals surface area (Å²) < 4.78 is 9.05. The van der Waals surface area contributed by atoms with Crippen molar-refractivity contribution in [3.8, 4) is 16.2 Å². The summed E-state index contributed by atoms with van der Waals surface area (Å²) in [6.45, 7) is 0. The molecule has 3 nitrogen and oxygen atoms in total. The van der Waals surface area contributed by atoms with E-state index in [2.05, 4.69) is 4.37 Å². The van der Waals surface area contributed by atoms with Crippen molar-refractivity contribution in [2.24, 2.45) is 0 Å². The molecule has 0 saturated carbocycles. The molecule has 0 amide bonds. The summed E-state index contributed by atoms with van der Waals surface area (Å²) in [4.78, 5) is 11.6. The first-order valence-electron chi connectivity index (χ1n) is 4.39. The van der Waals surface area contributed by atoms with Crippen LogP contribution in [0, 0.1) is 0 Å². The third kappa shape index (κ3) is 1.89. The van der Waals surface area contributed by atoms with E-state index in [-0.39, 0.29) is 0 Å². The number of rotatable bonds is 3. The molecule has 2 aromatic rings. The van der Waals surface area contributed by atoms with Gasteiger partial charge in [-0.2, -0.15) is 4.37 Å². The lowest BCUT2D eigenvalue weighted by Gasteiger charge is -2.01. The standard InChI is InChI=1S/C11H9NO2S/c1-14-10-4-2-8(3-5-10)11-9(7-13)6-12-15-11/h2-7H,1H3. The lowest BCUT2D eigenvalue weighted by Crippen LogP contribution is -1.83. The summed E-state index contributed by atoms with van der Waals surface area (Å²) in [7, 11) is 1.62. The number of methoxy groups -OCH3 is 1. The Hall–Kier alpha value is -1.68. The second-order valence-corrected chi connectivity index (χ2v) is 3.76. The Morgan fingerprint density at radius 2 is 2.07 bits per heavy atom. The van der Waals surface area contributed by atoms with Crippen LogP contribution in [0.15, 0.2) is 30.5 Å². The molecule has 0 bridgehead atoms. The SMILES string of the molecule is COc1ccc(-c2sncc2C=O)cc1. The summed E-state index contributed by atoms with van der Waals surface area (Å²) in [6, 6.07) is 7.56. The van der Waals surface area contributed by atoms with E-state index >= 15 is 0 Å². The molecular weight excluding hydrogens is 210 g/mol. The fraction of sp³-hybridized carbons (Fsp3) is 0.0909. The molecule has 15 heavy (non-hydrogen) atoms. The summed E-state index contributed by atoms with van der Waals surface area (Å²) in [5, 5.41) is 0. The predicted octanol–water partition coefficient (Wildman–Crippen LogP) is 2.63. The third-order valence-corrected chi connectivity index (χ3v) is 2.94. The molecule has 0 fully saturated rings. The Morgan fingerprint density at radius 1 is 1.33 bits per heavy atom. The van der Waals surface area contributed by atoms with E-state index in [4.69, 9.17) is 4.74 Å². The number of ether oxygens (including phenoxy) is 1. The molecule has 0 aliphatic rings. The smallest absolute Gasteiger partial charge is 0.153 e. The van der Waals surface area contributed by atoms with Crippen LogP contribution in [-0.4, -0.2) is 17.8 Å². The van der Waals surface area contributed by atoms with Crippen molar-refractivity contribution in [2.75, 3.05) is 7.11 Å². The van der Waals surface area contributed by atoms with E-state index in [9.17, 15) is 4.79 Å². The number of hydrogen-bond acceptors (Lipinski definition) is 4. The van der Waals surface area contributed by atoms with Gasteiger partial charge in [0.25, 0.3) is 0 Å². The Bertz CT molecular complexity index is 462. The molecule has 1 heterocycles. The van der Waals surface area contributed by atoms with E-state index in [1.54, 1.807) is 13.3 Å². The first-order chi connectivity index (χ1) is 7.35. The monoisotopic (exact) mass is 219 g/mol. The van der Waals surface area contributed by atoms with Gasteiger partial charge >= 0.3 is 0 Å². The predicted molar refractivity (Wildman–Crippen MR) is 59.5 cm³/mol. The zero-order valence-corrected chi connectivity index (χ0v) is 8.95. The lowest BCUT2D eigenvalue weighted by atomic mass is 10.1. The fourth-order valence-corrected chi connectivity index (χ4v) is 2.01. The van der Waals surface area contributed by atoms with Gasteiger partial charge in [-0.1, -0.05) is 0 Å². The molecule has 0 atom stereocenters. The molecule has 1 aromatic heterocycles. The van der Waals surface area contributed by atoms with Gasteiger partial charge in [-0.3, -0.25) is 4.79 Å². The fourth-order valence-electron chi connectivity index (χ4n) is 1.29. The first-order valence-corrected chi connectivity index (χ1v) is 5.17. The van der Waals surface area contributed by atoms with Gasteiger partial charge < -0.3 is 4.74 Å². The number of hydrogen-bond donors (Lipinski definition) is 0. The van der Waals surface area contributed by atoms with Crippen molar-refractivity contribution < 1.29 is 9.53 Å². The lowest BCUT2D eigenvalue weighted by molar-refractivity contribution is 0.112. The Labute approximate surface area is 91.5 Å². The van der Waals surface area contributed by atoms with Crippen molar-refractivity contribution in [1.29, 1.82) is 0 Å². The molecule has 0 aliphatic carbocycles. The highest BCUT2D eigenvalue weighted by Crippen LogP contribution is 2.27. The van der Waals surface area contributed by atoms with Crippen LogP contribution in [0.4, 0.5) is 0 Å². The van der Waals surface area contributed by atoms with E-state index in [0.717, 1.165) is 22.5 Å².